The van der Waals surface area contributed by atoms with Gasteiger partial charge in [-0.1, -0.05) is 48.5 Å². The summed E-state index contributed by atoms with van der Waals surface area (Å²) >= 11 is 0. The minimum Gasteiger partial charge on any atom is -0.507 e. The Morgan fingerprint density at radius 2 is 1.89 bits per heavy atom. The number of carbonyl (C=O) groups excluding carboxylic acids is 1. The second-order valence-electron chi connectivity index (χ2n) is 6.06. The molecule has 27 heavy (non-hydrogen) atoms. The quantitative estimate of drug-likeness (QED) is 0.341. The van der Waals surface area contributed by atoms with Gasteiger partial charge in [0.15, 0.2) is 0 Å². The van der Waals surface area contributed by atoms with Gasteiger partial charge in [-0.3, -0.25) is 4.79 Å². The van der Waals surface area contributed by atoms with Crippen LogP contribution in [0, 0.1) is 0 Å². The molecule has 0 spiro atoms. The normalized spacial score (nSPS) is 10.8. The first-order valence-corrected chi connectivity index (χ1v) is 8.63. The highest BCUT2D eigenvalue weighted by Gasteiger charge is 2.04. The summed E-state index contributed by atoms with van der Waals surface area (Å²) < 4.78 is 0. The summed E-state index contributed by atoms with van der Waals surface area (Å²) in [4.78, 5) is 12.0. The van der Waals surface area contributed by atoms with Crippen LogP contribution in [0.4, 0.5) is 5.69 Å². The van der Waals surface area contributed by atoms with Crippen LogP contribution in [0.2, 0.25) is 0 Å². The van der Waals surface area contributed by atoms with Crippen LogP contribution in [0.25, 0.3) is 10.8 Å². The highest BCUT2D eigenvalue weighted by Crippen LogP contribution is 2.21. The third-order valence-corrected chi connectivity index (χ3v) is 4.11. The first kappa shape index (κ1) is 18.2. The molecular formula is C22H21N3O2. The van der Waals surface area contributed by atoms with Crippen LogP contribution < -0.4 is 10.7 Å². The summed E-state index contributed by atoms with van der Waals surface area (Å²) in [5, 5.41) is 19.4. The van der Waals surface area contributed by atoms with Crippen molar-refractivity contribution in [3.8, 4) is 5.75 Å². The van der Waals surface area contributed by atoms with Crippen LogP contribution in [0.5, 0.6) is 5.75 Å². The summed E-state index contributed by atoms with van der Waals surface area (Å²) in [6.07, 6.45) is 3.71. The van der Waals surface area contributed by atoms with E-state index in [1.165, 1.54) is 6.21 Å². The molecule has 3 aromatic carbocycles. The second-order valence-corrected chi connectivity index (χ2v) is 6.06. The lowest BCUT2D eigenvalue weighted by Gasteiger charge is -2.07. The summed E-state index contributed by atoms with van der Waals surface area (Å²) in [6.45, 7) is 3.76. The lowest BCUT2D eigenvalue weighted by molar-refractivity contribution is -0.119. The molecule has 3 N–H and O–H groups in total. The smallest absolute Gasteiger partial charge is 0.259 e. The minimum atomic E-state index is -0.277. The monoisotopic (exact) mass is 359 g/mol. The van der Waals surface area contributed by atoms with Gasteiger partial charge in [0.05, 0.1) is 12.8 Å². The zero-order valence-electron chi connectivity index (χ0n) is 14.9. The Kier molecular flexibility index (Phi) is 5.84. The summed E-state index contributed by atoms with van der Waals surface area (Å²) in [7, 11) is 0. The molecule has 0 saturated heterocycles. The van der Waals surface area contributed by atoms with Crippen LogP contribution in [0.3, 0.4) is 0 Å². The number of anilines is 1. The van der Waals surface area contributed by atoms with E-state index in [-0.39, 0.29) is 18.2 Å². The van der Waals surface area contributed by atoms with Gasteiger partial charge >= 0.3 is 0 Å². The topological polar surface area (TPSA) is 73.7 Å². The predicted molar refractivity (Wildman–Crippen MR) is 110 cm³/mol. The first-order chi connectivity index (χ1) is 13.2. The summed E-state index contributed by atoms with van der Waals surface area (Å²) in [6, 6.07) is 19.3. The van der Waals surface area contributed by atoms with Crippen molar-refractivity contribution in [3.63, 3.8) is 0 Å². The van der Waals surface area contributed by atoms with E-state index in [2.05, 4.69) is 22.4 Å². The fraction of sp³-hybridized carbons (Fsp3) is 0.0909. The Labute approximate surface area is 158 Å². The largest absolute Gasteiger partial charge is 0.507 e. The number of rotatable bonds is 7. The molecule has 3 rings (SSSR count). The molecule has 0 fully saturated rings. The molecule has 0 bridgehead atoms. The molecule has 0 aliphatic heterocycles. The average Bonchev–Trinajstić information content (AvgIpc) is 2.69. The number of hydrogen-bond donors (Lipinski definition) is 3. The fourth-order valence-electron chi connectivity index (χ4n) is 2.73. The lowest BCUT2D eigenvalue weighted by atomic mass is 10.1. The Morgan fingerprint density at radius 3 is 2.70 bits per heavy atom. The van der Waals surface area contributed by atoms with E-state index in [1.807, 2.05) is 54.6 Å². The summed E-state index contributed by atoms with van der Waals surface area (Å²) in [5.74, 6) is -0.133. The van der Waals surface area contributed by atoms with E-state index in [0.717, 1.165) is 22.0 Å². The van der Waals surface area contributed by atoms with Gasteiger partial charge in [0.25, 0.3) is 5.91 Å². The molecule has 0 saturated carbocycles. The molecule has 0 heterocycles. The molecule has 5 heteroatoms. The summed E-state index contributed by atoms with van der Waals surface area (Å²) in [5.41, 5.74) is 4.62. The van der Waals surface area contributed by atoms with Crippen molar-refractivity contribution in [3.05, 3.63) is 84.4 Å². The number of amides is 1. The molecule has 0 atom stereocenters. The van der Waals surface area contributed by atoms with Crippen molar-refractivity contribution in [2.24, 2.45) is 5.10 Å². The number of phenols is 1. The third kappa shape index (κ3) is 4.73. The van der Waals surface area contributed by atoms with Crippen molar-refractivity contribution in [2.75, 3.05) is 11.9 Å². The highest BCUT2D eigenvalue weighted by molar-refractivity contribution is 5.88. The highest BCUT2D eigenvalue weighted by atomic mass is 16.3. The minimum absolute atomic E-state index is 0.0954. The number of hydrogen-bond acceptors (Lipinski definition) is 4. The Bertz CT molecular complexity index is 996. The number of nitrogens with zero attached hydrogens (tertiary/aromatic N) is 1. The number of fused-ring (bicyclic) bond motifs is 1. The van der Waals surface area contributed by atoms with Gasteiger partial charge in [-0.2, -0.15) is 5.10 Å². The molecule has 0 aliphatic rings. The number of benzene rings is 3. The van der Waals surface area contributed by atoms with Gasteiger partial charge in [0.2, 0.25) is 0 Å². The van der Waals surface area contributed by atoms with Crippen LogP contribution in [-0.2, 0) is 11.2 Å². The molecule has 136 valence electrons. The van der Waals surface area contributed by atoms with Gasteiger partial charge in [0, 0.05) is 11.3 Å². The van der Waals surface area contributed by atoms with Crippen LogP contribution in [0.1, 0.15) is 11.1 Å². The molecule has 0 aromatic heterocycles. The SMILES string of the molecule is C=CCc1cccc(/C=N\NC(=O)CNc2ccc3ccccc3c2)c1O. The van der Waals surface area contributed by atoms with Gasteiger partial charge in [-0.05, 0) is 41.0 Å². The molecule has 0 unspecified atom stereocenters. The maximum Gasteiger partial charge on any atom is 0.259 e. The first-order valence-electron chi connectivity index (χ1n) is 8.63. The zero-order chi connectivity index (χ0) is 19.1. The van der Waals surface area contributed by atoms with E-state index in [9.17, 15) is 9.90 Å². The van der Waals surface area contributed by atoms with Crippen molar-refractivity contribution >= 4 is 28.6 Å². The molecular weight excluding hydrogens is 338 g/mol. The number of allylic oxidation sites excluding steroid dienone is 1. The maximum atomic E-state index is 12.0. The van der Waals surface area contributed by atoms with Crippen molar-refractivity contribution in [2.45, 2.75) is 6.42 Å². The van der Waals surface area contributed by atoms with E-state index in [4.69, 9.17) is 0 Å². The Hall–Kier alpha value is -3.60. The Balaban J connectivity index is 1.55. The van der Waals surface area contributed by atoms with Crippen LogP contribution >= 0.6 is 0 Å². The van der Waals surface area contributed by atoms with Crippen molar-refractivity contribution in [1.29, 1.82) is 0 Å². The number of aromatic hydroxyl groups is 1. The van der Waals surface area contributed by atoms with Crippen molar-refractivity contribution < 1.29 is 9.90 Å². The number of hydrazone groups is 1. The molecule has 1 amide bonds. The van der Waals surface area contributed by atoms with E-state index in [0.29, 0.717) is 12.0 Å². The third-order valence-electron chi connectivity index (χ3n) is 4.11. The standard InChI is InChI=1S/C22H21N3O2/c1-2-6-17-9-5-10-19(22(17)27)14-24-25-21(26)15-23-20-12-11-16-7-3-4-8-18(16)13-20/h2-5,7-14,23,27H,1,6,15H2,(H,25,26)/b24-14-. The number of para-hydroxylation sites is 1. The van der Waals surface area contributed by atoms with E-state index < -0.39 is 0 Å². The lowest BCUT2D eigenvalue weighted by Crippen LogP contribution is -2.25. The number of phenolic OH excluding ortho intramolecular Hbond substituents is 1. The van der Waals surface area contributed by atoms with E-state index in [1.54, 1.807) is 12.1 Å². The maximum absolute atomic E-state index is 12.0. The number of carbonyl (C=O) groups is 1. The molecule has 0 aliphatic carbocycles. The van der Waals surface area contributed by atoms with Crippen LogP contribution in [0.15, 0.2) is 78.4 Å². The van der Waals surface area contributed by atoms with Crippen LogP contribution in [-0.4, -0.2) is 23.8 Å². The van der Waals surface area contributed by atoms with Gasteiger partial charge in [0.1, 0.15) is 5.75 Å². The van der Waals surface area contributed by atoms with Crippen molar-refractivity contribution in [1.82, 2.24) is 5.43 Å². The van der Waals surface area contributed by atoms with Gasteiger partial charge in [-0.15, -0.1) is 6.58 Å². The molecule has 0 radical (unpaired) electrons. The van der Waals surface area contributed by atoms with Gasteiger partial charge in [-0.25, -0.2) is 5.43 Å². The second kappa shape index (κ2) is 8.67. The molecule has 5 nitrogen and oxygen atoms in total. The predicted octanol–water partition coefficient (Wildman–Crippen LogP) is 3.84. The fourth-order valence-corrected chi connectivity index (χ4v) is 2.73. The van der Waals surface area contributed by atoms with Gasteiger partial charge < -0.3 is 10.4 Å². The number of nitrogens with one attached hydrogen (secondary N) is 2. The Morgan fingerprint density at radius 1 is 1.07 bits per heavy atom. The zero-order valence-corrected chi connectivity index (χ0v) is 14.9. The average molecular weight is 359 g/mol. The van der Waals surface area contributed by atoms with E-state index >= 15 is 0 Å². The molecule has 3 aromatic rings.